The van der Waals surface area contributed by atoms with E-state index < -0.39 is 27.8 Å². The number of methoxy groups -OCH3 is 1. The van der Waals surface area contributed by atoms with Crippen LogP contribution in [-0.2, 0) is 19.4 Å². The Hall–Kier alpha value is -3.36. The molecule has 0 unspecified atom stereocenters. The largest absolute Gasteiger partial charge is 0.495 e. The summed E-state index contributed by atoms with van der Waals surface area (Å²) in [6.45, 7) is 1.86. The Morgan fingerprint density at radius 2 is 1.70 bits per heavy atom. The zero-order valence-corrected chi connectivity index (χ0v) is 19.7. The van der Waals surface area contributed by atoms with Crippen LogP contribution in [0.3, 0.4) is 0 Å². The number of hydrogen-bond donors (Lipinski definition) is 1. The Morgan fingerprint density at radius 1 is 1.00 bits per heavy atom. The Morgan fingerprint density at radius 3 is 2.33 bits per heavy atom. The van der Waals surface area contributed by atoms with E-state index in [0.717, 1.165) is 17.9 Å². The van der Waals surface area contributed by atoms with Crippen LogP contribution in [0.25, 0.3) is 0 Å². The molecule has 9 heteroatoms. The van der Waals surface area contributed by atoms with Crippen molar-refractivity contribution in [3.8, 4) is 5.75 Å². The second-order valence-electron chi connectivity index (χ2n) is 7.30. The lowest BCUT2D eigenvalue weighted by Crippen LogP contribution is -2.26. The number of carbonyl (C=O) groups is 2. The monoisotopic (exact) mass is 487 g/mol. The quantitative estimate of drug-likeness (QED) is 0.489. The molecule has 3 rings (SSSR count). The fraction of sp³-hybridized carbons (Fsp3) is 0.167. The molecule has 3 aromatic rings. The normalized spacial score (nSPS) is 12.0. The van der Waals surface area contributed by atoms with Gasteiger partial charge < -0.3 is 14.8 Å². The van der Waals surface area contributed by atoms with E-state index >= 15 is 0 Å². The first kappa shape index (κ1) is 24.3. The van der Waals surface area contributed by atoms with Gasteiger partial charge in [0.15, 0.2) is 9.84 Å². The molecule has 3 aromatic carbocycles. The fourth-order valence-corrected chi connectivity index (χ4v) is 3.92. The van der Waals surface area contributed by atoms with E-state index in [0.29, 0.717) is 17.0 Å². The molecule has 1 N–H and O–H groups in total. The third kappa shape index (κ3) is 5.91. The maximum absolute atomic E-state index is 13.2. The summed E-state index contributed by atoms with van der Waals surface area (Å²) >= 11 is 6.12. The van der Waals surface area contributed by atoms with Crippen LogP contribution in [0.15, 0.2) is 71.6 Å². The van der Waals surface area contributed by atoms with Crippen molar-refractivity contribution in [3.05, 3.63) is 88.4 Å². The highest BCUT2D eigenvalue weighted by Gasteiger charge is 2.28. The minimum atomic E-state index is -3.58. The third-order valence-corrected chi connectivity index (χ3v) is 6.20. The van der Waals surface area contributed by atoms with Crippen molar-refractivity contribution >= 4 is 39.0 Å². The highest BCUT2D eigenvalue weighted by Crippen LogP contribution is 2.29. The number of sulfone groups is 1. The Kier molecular flexibility index (Phi) is 7.40. The number of esters is 1. The van der Waals surface area contributed by atoms with Gasteiger partial charge in [-0.3, -0.25) is 4.79 Å². The van der Waals surface area contributed by atoms with Crippen LogP contribution in [0.1, 0.15) is 27.6 Å². The molecule has 0 heterocycles. The fourth-order valence-electron chi connectivity index (χ4n) is 3.08. The molecular weight excluding hydrogens is 466 g/mol. The van der Waals surface area contributed by atoms with Crippen LogP contribution in [-0.4, -0.2) is 33.7 Å². The second-order valence-corrected chi connectivity index (χ2v) is 9.73. The molecular formula is C24H22ClNO6S. The number of hydrogen-bond acceptors (Lipinski definition) is 6. The first-order valence-electron chi connectivity index (χ1n) is 9.81. The highest BCUT2D eigenvalue weighted by molar-refractivity contribution is 7.90. The van der Waals surface area contributed by atoms with E-state index in [9.17, 15) is 18.0 Å². The van der Waals surface area contributed by atoms with Crippen molar-refractivity contribution in [2.75, 3.05) is 18.7 Å². The van der Waals surface area contributed by atoms with Crippen LogP contribution >= 0.6 is 11.6 Å². The molecule has 0 aliphatic heterocycles. The number of anilines is 1. The molecule has 1 atom stereocenters. The van der Waals surface area contributed by atoms with Crippen molar-refractivity contribution in [1.29, 1.82) is 0 Å². The standard InChI is InChI=1S/C24H22ClNO6S/c1-15-9-12-21(31-2)20(13-15)26-23(27)22(16-7-5-4-6-8-16)32-24(28)18-14-17(33(3,29)30)10-11-19(18)25/h4-14,22H,1-3H3,(H,26,27)/t22-/m1/s1. The Balaban J connectivity index is 1.96. The molecule has 0 bridgehead atoms. The van der Waals surface area contributed by atoms with E-state index in [-0.39, 0.29) is 15.5 Å². The van der Waals surface area contributed by atoms with E-state index in [1.807, 2.05) is 13.0 Å². The molecule has 0 saturated carbocycles. The molecule has 0 saturated heterocycles. The summed E-state index contributed by atoms with van der Waals surface area (Å²) in [5.41, 5.74) is 1.56. The number of carbonyl (C=O) groups excluding carboxylic acids is 2. The number of rotatable bonds is 7. The Labute approximate surface area is 197 Å². The molecule has 172 valence electrons. The lowest BCUT2D eigenvalue weighted by atomic mass is 10.1. The maximum Gasteiger partial charge on any atom is 0.340 e. The van der Waals surface area contributed by atoms with Crippen LogP contribution in [0.2, 0.25) is 5.02 Å². The highest BCUT2D eigenvalue weighted by atomic mass is 35.5. The molecule has 0 aromatic heterocycles. The minimum absolute atomic E-state index is 0.0000248. The maximum atomic E-state index is 13.2. The van der Waals surface area contributed by atoms with Gasteiger partial charge in [-0.2, -0.15) is 0 Å². The average molecular weight is 488 g/mol. The number of benzene rings is 3. The molecule has 1 amide bonds. The summed E-state index contributed by atoms with van der Waals surface area (Å²) in [5, 5.41) is 2.74. The van der Waals surface area contributed by atoms with E-state index in [1.165, 1.54) is 19.2 Å². The van der Waals surface area contributed by atoms with Gasteiger partial charge in [0.2, 0.25) is 6.10 Å². The SMILES string of the molecule is COc1ccc(C)cc1NC(=O)[C@H](OC(=O)c1cc(S(C)(=O)=O)ccc1Cl)c1ccccc1. The number of aryl methyl sites for hydroxylation is 1. The summed E-state index contributed by atoms with van der Waals surface area (Å²) in [4.78, 5) is 26.1. The van der Waals surface area contributed by atoms with E-state index in [4.69, 9.17) is 21.1 Å². The van der Waals surface area contributed by atoms with Crippen LogP contribution in [0, 0.1) is 6.92 Å². The van der Waals surface area contributed by atoms with Gasteiger partial charge in [0.05, 0.1) is 28.3 Å². The van der Waals surface area contributed by atoms with Crippen molar-refractivity contribution < 1.29 is 27.5 Å². The van der Waals surface area contributed by atoms with Crippen LogP contribution in [0.4, 0.5) is 5.69 Å². The Bertz CT molecular complexity index is 1290. The molecule has 33 heavy (non-hydrogen) atoms. The molecule has 7 nitrogen and oxygen atoms in total. The number of ether oxygens (including phenoxy) is 2. The second kappa shape index (κ2) is 10.1. The average Bonchev–Trinajstić information content (AvgIpc) is 2.77. The first-order valence-corrected chi connectivity index (χ1v) is 12.1. The summed E-state index contributed by atoms with van der Waals surface area (Å²) < 4.78 is 34.6. The van der Waals surface area contributed by atoms with Gasteiger partial charge in [0.25, 0.3) is 5.91 Å². The van der Waals surface area contributed by atoms with Gasteiger partial charge in [-0.15, -0.1) is 0 Å². The predicted octanol–water partition coefficient (Wildman–Crippen LogP) is 4.60. The van der Waals surface area contributed by atoms with Crippen molar-refractivity contribution in [2.24, 2.45) is 0 Å². The number of amides is 1. The molecule has 0 spiro atoms. The van der Waals surface area contributed by atoms with Crippen molar-refractivity contribution in [1.82, 2.24) is 0 Å². The number of halogens is 1. The third-order valence-electron chi connectivity index (χ3n) is 4.76. The van der Waals surface area contributed by atoms with Crippen LogP contribution < -0.4 is 10.1 Å². The summed E-state index contributed by atoms with van der Waals surface area (Å²) in [6.07, 6.45) is -0.317. The van der Waals surface area contributed by atoms with E-state index in [1.54, 1.807) is 42.5 Å². The zero-order valence-electron chi connectivity index (χ0n) is 18.2. The van der Waals surface area contributed by atoms with Crippen LogP contribution in [0.5, 0.6) is 5.75 Å². The molecule has 0 radical (unpaired) electrons. The molecule has 0 aliphatic rings. The van der Waals surface area contributed by atoms with Gasteiger partial charge in [0, 0.05) is 11.8 Å². The topological polar surface area (TPSA) is 98.8 Å². The summed E-state index contributed by atoms with van der Waals surface area (Å²) in [7, 11) is -2.11. The smallest absolute Gasteiger partial charge is 0.340 e. The van der Waals surface area contributed by atoms with Gasteiger partial charge in [0.1, 0.15) is 5.75 Å². The molecule has 0 fully saturated rings. The van der Waals surface area contributed by atoms with Gasteiger partial charge in [-0.25, -0.2) is 13.2 Å². The summed E-state index contributed by atoms with van der Waals surface area (Å²) in [5.74, 6) is -1.12. The van der Waals surface area contributed by atoms with Gasteiger partial charge >= 0.3 is 5.97 Å². The summed E-state index contributed by atoms with van der Waals surface area (Å²) in [6, 6.07) is 17.4. The van der Waals surface area contributed by atoms with E-state index in [2.05, 4.69) is 5.32 Å². The molecule has 0 aliphatic carbocycles. The minimum Gasteiger partial charge on any atom is -0.495 e. The van der Waals surface area contributed by atoms with Gasteiger partial charge in [-0.05, 0) is 42.8 Å². The number of nitrogens with one attached hydrogen (secondary N) is 1. The van der Waals surface area contributed by atoms with Crippen molar-refractivity contribution in [2.45, 2.75) is 17.9 Å². The first-order chi connectivity index (χ1) is 15.6. The lowest BCUT2D eigenvalue weighted by molar-refractivity contribution is -0.125. The zero-order chi connectivity index (χ0) is 24.2. The predicted molar refractivity (Wildman–Crippen MR) is 126 cm³/mol. The van der Waals surface area contributed by atoms with Gasteiger partial charge in [-0.1, -0.05) is 48.0 Å². The lowest BCUT2D eigenvalue weighted by Gasteiger charge is -2.19. The van der Waals surface area contributed by atoms with Crippen molar-refractivity contribution in [3.63, 3.8) is 0 Å².